The van der Waals surface area contributed by atoms with E-state index in [9.17, 15) is 4.39 Å². The van der Waals surface area contributed by atoms with Crippen LogP contribution in [0.15, 0.2) is 42.5 Å². The van der Waals surface area contributed by atoms with Gasteiger partial charge in [-0.05, 0) is 43.7 Å². The summed E-state index contributed by atoms with van der Waals surface area (Å²) in [5.41, 5.74) is 1.72. The van der Waals surface area contributed by atoms with Crippen molar-refractivity contribution in [3.8, 4) is 5.75 Å². The number of benzene rings is 2. The first kappa shape index (κ1) is 14.7. The van der Waals surface area contributed by atoms with Crippen LogP contribution in [0.3, 0.4) is 0 Å². The molecule has 2 aromatic carbocycles. The summed E-state index contributed by atoms with van der Waals surface area (Å²) in [6, 6.07) is 12.5. The van der Waals surface area contributed by atoms with E-state index in [2.05, 4.69) is 5.32 Å². The van der Waals surface area contributed by atoms with Crippen LogP contribution in [0.1, 0.15) is 25.5 Å². The second-order valence-electron chi connectivity index (χ2n) is 4.47. The van der Waals surface area contributed by atoms with Crippen molar-refractivity contribution >= 4 is 17.3 Å². The van der Waals surface area contributed by atoms with Crippen molar-refractivity contribution in [2.75, 3.05) is 11.9 Å². The molecule has 0 aliphatic carbocycles. The van der Waals surface area contributed by atoms with E-state index >= 15 is 0 Å². The number of para-hydroxylation sites is 2. The van der Waals surface area contributed by atoms with E-state index < -0.39 is 5.82 Å². The summed E-state index contributed by atoms with van der Waals surface area (Å²) >= 11 is 5.70. The lowest BCUT2D eigenvalue weighted by atomic mass is 10.1. The normalized spacial score (nSPS) is 12.0. The van der Waals surface area contributed by atoms with Crippen LogP contribution in [0.4, 0.5) is 10.1 Å². The summed E-state index contributed by atoms with van der Waals surface area (Å²) in [6.45, 7) is 4.50. The molecule has 2 nitrogen and oxygen atoms in total. The highest BCUT2D eigenvalue weighted by atomic mass is 35.5. The molecule has 0 bridgehead atoms. The molecule has 0 heterocycles. The highest BCUT2D eigenvalue weighted by molar-refractivity contribution is 6.30. The van der Waals surface area contributed by atoms with Gasteiger partial charge >= 0.3 is 0 Å². The summed E-state index contributed by atoms with van der Waals surface area (Å²) in [5.74, 6) is 0.382. The smallest absolute Gasteiger partial charge is 0.142 e. The van der Waals surface area contributed by atoms with Crippen molar-refractivity contribution in [2.45, 2.75) is 19.9 Å². The Bertz CT molecular complexity index is 588. The van der Waals surface area contributed by atoms with Crippen LogP contribution < -0.4 is 10.1 Å². The zero-order valence-corrected chi connectivity index (χ0v) is 12.2. The molecule has 2 rings (SSSR count). The Kier molecular flexibility index (Phi) is 4.85. The Labute approximate surface area is 123 Å². The maximum atomic E-state index is 13.5. The van der Waals surface area contributed by atoms with Crippen molar-refractivity contribution in [1.82, 2.24) is 0 Å². The fourth-order valence-corrected chi connectivity index (χ4v) is 2.08. The van der Waals surface area contributed by atoms with Gasteiger partial charge < -0.3 is 10.1 Å². The highest BCUT2D eigenvalue weighted by Crippen LogP contribution is 2.29. The average Bonchev–Trinajstić information content (AvgIpc) is 2.44. The van der Waals surface area contributed by atoms with Crippen molar-refractivity contribution in [3.63, 3.8) is 0 Å². The van der Waals surface area contributed by atoms with Gasteiger partial charge in [0, 0.05) is 6.04 Å². The predicted octanol–water partition coefficient (Wildman–Crippen LogP) is 5.05. The van der Waals surface area contributed by atoms with E-state index in [1.54, 1.807) is 6.07 Å². The monoisotopic (exact) mass is 293 g/mol. The summed E-state index contributed by atoms with van der Waals surface area (Å²) in [7, 11) is 0. The van der Waals surface area contributed by atoms with Gasteiger partial charge in [0.15, 0.2) is 0 Å². The molecule has 0 saturated carbocycles. The Hall–Kier alpha value is -1.74. The SMILES string of the molecule is CCOc1ccccc1NC(C)c1ccc(Cl)c(F)c1. The number of ether oxygens (including phenoxy) is 1. The van der Waals surface area contributed by atoms with E-state index in [0.717, 1.165) is 17.0 Å². The van der Waals surface area contributed by atoms with Crippen molar-refractivity contribution in [2.24, 2.45) is 0 Å². The molecule has 0 aliphatic heterocycles. The van der Waals surface area contributed by atoms with Crippen LogP contribution in [-0.2, 0) is 0 Å². The summed E-state index contributed by atoms with van der Waals surface area (Å²) in [4.78, 5) is 0. The van der Waals surface area contributed by atoms with Gasteiger partial charge in [-0.15, -0.1) is 0 Å². The van der Waals surface area contributed by atoms with Gasteiger partial charge in [0.2, 0.25) is 0 Å². The lowest BCUT2D eigenvalue weighted by Gasteiger charge is -2.18. The van der Waals surface area contributed by atoms with Crippen molar-refractivity contribution in [1.29, 1.82) is 0 Å². The first-order valence-electron chi connectivity index (χ1n) is 6.55. The summed E-state index contributed by atoms with van der Waals surface area (Å²) < 4.78 is 19.1. The largest absolute Gasteiger partial charge is 0.492 e. The number of halogens is 2. The molecule has 1 unspecified atom stereocenters. The molecule has 2 aromatic rings. The molecule has 1 atom stereocenters. The molecule has 1 N–H and O–H groups in total. The van der Waals surface area contributed by atoms with E-state index in [0.29, 0.717) is 6.61 Å². The molecule has 0 amide bonds. The minimum Gasteiger partial charge on any atom is -0.492 e. The zero-order valence-electron chi connectivity index (χ0n) is 11.5. The third kappa shape index (κ3) is 3.42. The molecule has 0 aliphatic rings. The van der Waals surface area contributed by atoms with Gasteiger partial charge in [0.1, 0.15) is 11.6 Å². The number of anilines is 1. The van der Waals surface area contributed by atoms with Gasteiger partial charge in [-0.3, -0.25) is 0 Å². The van der Waals surface area contributed by atoms with Crippen molar-refractivity contribution in [3.05, 3.63) is 58.9 Å². The lowest BCUT2D eigenvalue weighted by molar-refractivity contribution is 0.341. The van der Waals surface area contributed by atoms with Crippen LogP contribution in [-0.4, -0.2) is 6.61 Å². The van der Waals surface area contributed by atoms with Crippen LogP contribution in [0.5, 0.6) is 5.75 Å². The zero-order chi connectivity index (χ0) is 14.5. The van der Waals surface area contributed by atoms with Gasteiger partial charge in [-0.2, -0.15) is 0 Å². The molecule has 0 saturated heterocycles. The second kappa shape index (κ2) is 6.62. The molecule has 0 fully saturated rings. The molecule has 106 valence electrons. The molecule has 0 radical (unpaired) electrons. The first-order valence-corrected chi connectivity index (χ1v) is 6.93. The van der Waals surface area contributed by atoms with Crippen LogP contribution in [0.25, 0.3) is 0 Å². The Morgan fingerprint density at radius 3 is 2.70 bits per heavy atom. The maximum Gasteiger partial charge on any atom is 0.142 e. The number of hydrogen-bond acceptors (Lipinski definition) is 2. The van der Waals surface area contributed by atoms with Crippen molar-refractivity contribution < 1.29 is 9.13 Å². The molecule has 20 heavy (non-hydrogen) atoms. The number of nitrogens with one attached hydrogen (secondary N) is 1. The van der Waals surface area contributed by atoms with Crippen LogP contribution in [0.2, 0.25) is 5.02 Å². The quantitative estimate of drug-likeness (QED) is 0.833. The molecule has 4 heteroatoms. The maximum absolute atomic E-state index is 13.5. The number of rotatable bonds is 5. The third-order valence-corrected chi connectivity index (χ3v) is 3.31. The minimum absolute atomic E-state index is 0.0524. The third-order valence-electron chi connectivity index (χ3n) is 3.00. The fraction of sp³-hybridized carbons (Fsp3) is 0.250. The molecular formula is C16H17ClFNO. The fourth-order valence-electron chi connectivity index (χ4n) is 1.97. The summed E-state index contributed by atoms with van der Waals surface area (Å²) in [6.07, 6.45) is 0. The first-order chi connectivity index (χ1) is 9.61. The van der Waals surface area contributed by atoms with E-state index in [-0.39, 0.29) is 11.1 Å². The molecule has 0 spiro atoms. The van der Waals surface area contributed by atoms with E-state index in [1.807, 2.05) is 44.2 Å². The topological polar surface area (TPSA) is 21.3 Å². The highest BCUT2D eigenvalue weighted by Gasteiger charge is 2.10. The minimum atomic E-state index is -0.407. The summed E-state index contributed by atoms with van der Waals surface area (Å²) in [5, 5.41) is 3.46. The predicted molar refractivity (Wildman–Crippen MR) is 81.1 cm³/mol. The standard InChI is InChI=1S/C16H17ClFNO/c1-3-20-16-7-5-4-6-15(16)19-11(2)12-8-9-13(17)14(18)10-12/h4-11,19H,3H2,1-2H3. The Balaban J connectivity index is 2.18. The second-order valence-corrected chi connectivity index (χ2v) is 4.88. The number of hydrogen-bond donors (Lipinski definition) is 1. The van der Waals surface area contributed by atoms with Gasteiger partial charge in [0.25, 0.3) is 0 Å². The van der Waals surface area contributed by atoms with E-state index in [1.165, 1.54) is 6.07 Å². The molecular weight excluding hydrogens is 277 g/mol. The van der Waals surface area contributed by atoms with Crippen LogP contribution in [0, 0.1) is 5.82 Å². The Morgan fingerprint density at radius 2 is 2.00 bits per heavy atom. The van der Waals surface area contributed by atoms with Crippen LogP contribution >= 0.6 is 11.6 Å². The van der Waals surface area contributed by atoms with Gasteiger partial charge in [0.05, 0.1) is 17.3 Å². The van der Waals surface area contributed by atoms with Gasteiger partial charge in [-0.1, -0.05) is 29.8 Å². The lowest BCUT2D eigenvalue weighted by Crippen LogP contribution is -2.08. The average molecular weight is 294 g/mol. The molecule has 0 aromatic heterocycles. The van der Waals surface area contributed by atoms with E-state index in [4.69, 9.17) is 16.3 Å². The van der Waals surface area contributed by atoms with Gasteiger partial charge in [-0.25, -0.2) is 4.39 Å². The Morgan fingerprint density at radius 1 is 1.25 bits per heavy atom.